The number of amides is 2. The third-order valence-electron chi connectivity index (χ3n) is 3.84. The maximum absolute atomic E-state index is 12.1. The third kappa shape index (κ3) is 4.99. The quantitative estimate of drug-likeness (QED) is 0.500. The molecule has 0 spiro atoms. The molecule has 0 radical (unpaired) electrons. The van der Waals surface area contributed by atoms with E-state index in [2.05, 4.69) is 10.9 Å². The van der Waals surface area contributed by atoms with E-state index in [1.165, 1.54) is 24.3 Å². The smallest absolute Gasteiger partial charge is 0.374 e. The lowest BCUT2D eigenvalue weighted by Crippen LogP contribution is -2.43. The Balaban J connectivity index is 1.56. The van der Waals surface area contributed by atoms with E-state index in [1.807, 2.05) is 6.92 Å². The van der Waals surface area contributed by atoms with Crippen LogP contribution in [-0.4, -0.2) is 24.4 Å². The van der Waals surface area contributed by atoms with Gasteiger partial charge in [-0.3, -0.25) is 25.2 Å². The van der Waals surface area contributed by atoms with Crippen LogP contribution in [0.1, 0.15) is 26.5 Å². The number of benzene rings is 2. The Labute approximate surface area is 169 Å². The highest BCUT2D eigenvalue weighted by atomic mass is 35.5. The summed E-state index contributed by atoms with van der Waals surface area (Å²) < 4.78 is 10.2. The summed E-state index contributed by atoms with van der Waals surface area (Å²) in [5, 5.41) is 0.803. The number of hydrazine groups is 1. The van der Waals surface area contributed by atoms with E-state index >= 15 is 0 Å². The Bertz CT molecular complexity index is 1150. The van der Waals surface area contributed by atoms with Crippen LogP contribution in [0.5, 0.6) is 0 Å². The number of nitrogens with one attached hydrogen (secondary N) is 2. The van der Waals surface area contributed by atoms with Crippen molar-refractivity contribution >= 4 is 40.4 Å². The molecule has 2 amide bonds. The van der Waals surface area contributed by atoms with Crippen molar-refractivity contribution in [1.82, 2.24) is 10.9 Å². The minimum atomic E-state index is -0.983. The Kier molecular flexibility index (Phi) is 5.94. The van der Waals surface area contributed by atoms with E-state index in [1.54, 1.807) is 18.2 Å². The van der Waals surface area contributed by atoms with Gasteiger partial charge in [0.15, 0.2) is 12.0 Å². The van der Waals surface area contributed by atoms with Crippen molar-refractivity contribution in [1.29, 1.82) is 0 Å². The highest BCUT2D eigenvalue weighted by Crippen LogP contribution is 2.14. The number of carbonyl (C=O) groups excluding carboxylic acids is 3. The minimum Gasteiger partial charge on any atom is -0.450 e. The maximum atomic E-state index is 12.1. The molecule has 1 heterocycles. The van der Waals surface area contributed by atoms with E-state index in [0.717, 1.165) is 11.6 Å². The molecule has 0 aliphatic carbocycles. The SMILES string of the molecule is Cc1ccc2oc(C(=O)OCC(=O)NNC(=O)c3ccc(Cl)cc3)cc(=O)c2c1. The van der Waals surface area contributed by atoms with Gasteiger partial charge in [-0.2, -0.15) is 0 Å². The van der Waals surface area contributed by atoms with Crippen molar-refractivity contribution in [3.8, 4) is 0 Å². The molecule has 3 rings (SSSR count). The molecular formula is C20H15ClN2O6. The monoisotopic (exact) mass is 414 g/mol. The molecule has 0 aliphatic rings. The van der Waals surface area contributed by atoms with Gasteiger partial charge in [0.25, 0.3) is 11.8 Å². The normalized spacial score (nSPS) is 10.4. The summed E-state index contributed by atoms with van der Waals surface area (Å²) in [5.41, 5.74) is 5.26. The summed E-state index contributed by atoms with van der Waals surface area (Å²) in [7, 11) is 0. The predicted octanol–water partition coefficient (Wildman–Crippen LogP) is 2.37. The lowest BCUT2D eigenvalue weighted by Gasteiger charge is -2.08. The number of hydrogen-bond donors (Lipinski definition) is 2. The summed E-state index contributed by atoms with van der Waals surface area (Å²) in [6, 6.07) is 12.0. The van der Waals surface area contributed by atoms with Crippen LogP contribution >= 0.6 is 11.6 Å². The van der Waals surface area contributed by atoms with Gasteiger partial charge in [-0.1, -0.05) is 23.2 Å². The molecule has 29 heavy (non-hydrogen) atoms. The fourth-order valence-corrected chi connectivity index (χ4v) is 2.53. The summed E-state index contributed by atoms with van der Waals surface area (Å²) in [4.78, 5) is 47.8. The van der Waals surface area contributed by atoms with Gasteiger partial charge in [0.05, 0.1) is 5.39 Å². The van der Waals surface area contributed by atoms with Gasteiger partial charge < -0.3 is 9.15 Å². The zero-order valence-corrected chi connectivity index (χ0v) is 15.9. The largest absolute Gasteiger partial charge is 0.450 e. The van der Waals surface area contributed by atoms with Crippen molar-refractivity contribution in [3.63, 3.8) is 0 Å². The first kappa shape index (κ1) is 20.1. The number of aryl methyl sites for hydroxylation is 1. The predicted molar refractivity (Wildman–Crippen MR) is 105 cm³/mol. The van der Waals surface area contributed by atoms with Crippen LogP contribution in [0.3, 0.4) is 0 Å². The zero-order chi connectivity index (χ0) is 21.0. The van der Waals surface area contributed by atoms with Crippen LogP contribution < -0.4 is 16.3 Å². The molecule has 8 nitrogen and oxygen atoms in total. The summed E-state index contributed by atoms with van der Waals surface area (Å²) >= 11 is 5.74. The van der Waals surface area contributed by atoms with Crippen LogP contribution in [0, 0.1) is 6.92 Å². The molecular weight excluding hydrogens is 400 g/mol. The number of halogens is 1. The summed E-state index contributed by atoms with van der Waals surface area (Å²) in [5.74, 6) is -2.66. The molecule has 1 aromatic heterocycles. The van der Waals surface area contributed by atoms with Gasteiger partial charge in [0.1, 0.15) is 5.58 Å². The van der Waals surface area contributed by atoms with Gasteiger partial charge in [0.2, 0.25) is 5.76 Å². The molecule has 2 N–H and O–H groups in total. The molecule has 0 bridgehead atoms. The van der Waals surface area contributed by atoms with E-state index in [-0.39, 0.29) is 16.9 Å². The molecule has 148 valence electrons. The molecule has 0 saturated carbocycles. The van der Waals surface area contributed by atoms with Gasteiger partial charge in [-0.05, 0) is 43.3 Å². The fourth-order valence-electron chi connectivity index (χ4n) is 2.41. The van der Waals surface area contributed by atoms with E-state index < -0.39 is 29.8 Å². The van der Waals surface area contributed by atoms with Crippen LogP contribution in [0.15, 0.2) is 57.7 Å². The Morgan fingerprint density at radius 1 is 1.03 bits per heavy atom. The average molecular weight is 415 g/mol. The third-order valence-corrected chi connectivity index (χ3v) is 4.09. The van der Waals surface area contributed by atoms with Crippen molar-refractivity contribution < 1.29 is 23.5 Å². The Hall–Kier alpha value is -3.65. The number of esters is 1. The van der Waals surface area contributed by atoms with Crippen LogP contribution in [-0.2, 0) is 9.53 Å². The minimum absolute atomic E-state index is 0.231. The number of rotatable bonds is 4. The topological polar surface area (TPSA) is 115 Å². The Morgan fingerprint density at radius 3 is 2.48 bits per heavy atom. The number of carbonyl (C=O) groups is 3. The fraction of sp³-hybridized carbons (Fsp3) is 0.100. The molecule has 3 aromatic rings. The molecule has 9 heteroatoms. The van der Waals surface area contributed by atoms with Crippen molar-refractivity contribution in [2.24, 2.45) is 0 Å². The second-order valence-electron chi connectivity index (χ2n) is 6.06. The number of hydrogen-bond acceptors (Lipinski definition) is 6. The van der Waals surface area contributed by atoms with Gasteiger partial charge >= 0.3 is 5.97 Å². The van der Waals surface area contributed by atoms with Crippen LogP contribution in [0.2, 0.25) is 5.02 Å². The molecule has 2 aromatic carbocycles. The molecule has 0 unspecified atom stereocenters. The van der Waals surface area contributed by atoms with E-state index in [4.69, 9.17) is 20.8 Å². The second kappa shape index (κ2) is 8.57. The Morgan fingerprint density at radius 2 is 1.76 bits per heavy atom. The highest BCUT2D eigenvalue weighted by molar-refractivity contribution is 6.30. The highest BCUT2D eigenvalue weighted by Gasteiger charge is 2.16. The molecule has 0 atom stereocenters. The van der Waals surface area contributed by atoms with Crippen molar-refractivity contribution in [2.45, 2.75) is 6.92 Å². The molecule has 0 saturated heterocycles. The number of ether oxygens (including phenoxy) is 1. The average Bonchev–Trinajstić information content (AvgIpc) is 2.71. The first-order valence-electron chi connectivity index (χ1n) is 8.40. The van der Waals surface area contributed by atoms with Crippen molar-refractivity contribution in [2.75, 3.05) is 6.61 Å². The van der Waals surface area contributed by atoms with Gasteiger partial charge in [-0.15, -0.1) is 0 Å². The molecule has 0 fully saturated rings. The van der Waals surface area contributed by atoms with Crippen molar-refractivity contribution in [3.05, 3.63) is 80.7 Å². The zero-order valence-electron chi connectivity index (χ0n) is 15.2. The standard InChI is InChI=1S/C20H15ClN2O6/c1-11-2-7-16-14(8-11)15(24)9-17(29-16)20(27)28-10-18(25)22-23-19(26)12-3-5-13(21)6-4-12/h2-9H,10H2,1H3,(H,22,25)(H,23,26). The molecule has 0 aliphatic heterocycles. The van der Waals surface area contributed by atoms with Gasteiger partial charge in [0, 0.05) is 16.7 Å². The first-order chi connectivity index (χ1) is 13.8. The van der Waals surface area contributed by atoms with Crippen LogP contribution in [0.25, 0.3) is 11.0 Å². The number of fused-ring (bicyclic) bond motifs is 1. The lowest BCUT2D eigenvalue weighted by atomic mass is 10.1. The summed E-state index contributed by atoms with van der Waals surface area (Å²) in [6.07, 6.45) is 0. The van der Waals surface area contributed by atoms with E-state index in [9.17, 15) is 19.2 Å². The van der Waals surface area contributed by atoms with E-state index in [0.29, 0.717) is 10.4 Å². The maximum Gasteiger partial charge on any atom is 0.374 e. The first-order valence-corrected chi connectivity index (χ1v) is 8.77. The van der Waals surface area contributed by atoms with Gasteiger partial charge in [-0.25, -0.2) is 4.79 Å². The lowest BCUT2D eigenvalue weighted by molar-refractivity contribution is -0.125. The second-order valence-corrected chi connectivity index (χ2v) is 6.50. The summed E-state index contributed by atoms with van der Waals surface area (Å²) in [6.45, 7) is 1.14. The van der Waals surface area contributed by atoms with Crippen LogP contribution in [0.4, 0.5) is 0 Å².